The lowest BCUT2D eigenvalue weighted by molar-refractivity contribution is -0.139. The van der Waals surface area contributed by atoms with E-state index in [2.05, 4.69) is 29.6 Å². The third-order valence-corrected chi connectivity index (χ3v) is 7.45. The Morgan fingerprint density at radius 1 is 1.09 bits per heavy atom. The number of carbonyl (C=O) groups excluding carboxylic acids is 2. The number of amides is 2. The standard InChI is InChI=1S/C28H34N2O5/c1-3-18(2)26(27(33)30-16-8-9-19(30)14-15-25(31)32)29-28(34)35-17-24-22-12-6-4-10-20(22)21-11-5-7-13-23(21)24/h4-7,10-13,18-19,24,26H,3,8-9,14-17H2,1-2H3,(H,29,34)(H,31,32)/t18?,19?,26-/m0/s1. The molecule has 2 aromatic carbocycles. The molecule has 2 aliphatic rings. The first kappa shape index (κ1) is 24.8. The summed E-state index contributed by atoms with van der Waals surface area (Å²) in [6.07, 6.45) is 2.20. The molecule has 1 aliphatic heterocycles. The molecule has 2 aromatic rings. The van der Waals surface area contributed by atoms with Gasteiger partial charge in [-0.2, -0.15) is 0 Å². The van der Waals surface area contributed by atoms with Gasteiger partial charge in [0.2, 0.25) is 5.91 Å². The van der Waals surface area contributed by atoms with E-state index in [1.54, 1.807) is 4.90 Å². The predicted molar refractivity (Wildman–Crippen MR) is 133 cm³/mol. The molecule has 1 aliphatic carbocycles. The van der Waals surface area contributed by atoms with Crippen LogP contribution < -0.4 is 5.32 Å². The molecule has 1 heterocycles. The number of hydrogen-bond acceptors (Lipinski definition) is 4. The van der Waals surface area contributed by atoms with Crippen molar-refractivity contribution in [2.45, 2.75) is 64.0 Å². The second-order valence-corrected chi connectivity index (χ2v) is 9.59. The third kappa shape index (κ3) is 5.34. The van der Waals surface area contributed by atoms with E-state index in [1.807, 2.05) is 38.1 Å². The average Bonchev–Trinajstić information content (AvgIpc) is 3.46. The number of alkyl carbamates (subject to hydrolysis) is 1. The highest BCUT2D eigenvalue weighted by molar-refractivity contribution is 5.86. The van der Waals surface area contributed by atoms with Gasteiger partial charge in [0.25, 0.3) is 0 Å². The van der Waals surface area contributed by atoms with E-state index in [0.717, 1.165) is 35.1 Å². The fourth-order valence-corrected chi connectivity index (χ4v) is 5.34. The Kier molecular flexibility index (Phi) is 7.73. The van der Waals surface area contributed by atoms with Gasteiger partial charge in [-0.3, -0.25) is 9.59 Å². The van der Waals surface area contributed by atoms with E-state index < -0.39 is 18.1 Å². The van der Waals surface area contributed by atoms with E-state index in [1.165, 1.54) is 0 Å². The molecular weight excluding hydrogens is 444 g/mol. The number of aliphatic carboxylic acids is 1. The lowest BCUT2D eigenvalue weighted by Gasteiger charge is -2.31. The Bertz CT molecular complexity index is 1040. The van der Waals surface area contributed by atoms with Gasteiger partial charge < -0.3 is 20.1 Å². The summed E-state index contributed by atoms with van der Waals surface area (Å²) in [5, 5.41) is 11.9. The highest BCUT2D eigenvalue weighted by Crippen LogP contribution is 2.44. The second-order valence-electron chi connectivity index (χ2n) is 9.59. The Labute approximate surface area is 206 Å². The number of likely N-dealkylation sites (tertiary alicyclic amines) is 1. The number of nitrogens with zero attached hydrogens (tertiary/aromatic N) is 1. The minimum Gasteiger partial charge on any atom is -0.481 e. The van der Waals surface area contributed by atoms with Gasteiger partial charge in [-0.1, -0.05) is 68.8 Å². The number of carboxylic acids is 1. The van der Waals surface area contributed by atoms with E-state index in [0.29, 0.717) is 19.4 Å². The van der Waals surface area contributed by atoms with Crippen molar-refractivity contribution in [2.24, 2.45) is 5.92 Å². The molecule has 7 nitrogen and oxygen atoms in total. The Morgan fingerprint density at radius 2 is 1.71 bits per heavy atom. The van der Waals surface area contributed by atoms with Crippen molar-refractivity contribution < 1.29 is 24.2 Å². The fraction of sp³-hybridized carbons (Fsp3) is 0.464. The minimum atomic E-state index is -0.862. The number of ether oxygens (including phenoxy) is 1. The van der Waals surface area contributed by atoms with Crippen LogP contribution in [0.3, 0.4) is 0 Å². The smallest absolute Gasteiger partial charge is 0.407 e. The Morgan fingerprint density at radius 3 is 2.31 bits per heavy atom. The lowest BCUT2D eigenvalue weighted by atomic mass is 9.97. The van der Waals surface area contributed by atoms with Gasteiger partial charge in [0.05, 0.1) is 0 Å². The maximum Gasteiger partial charge on any atom is 0.407 e. The zero-order valence-corrected chi connectivity index (χ0v) is 20.4. The molecule has 1 fully saturated rings. The summed E-state index contributed by atoms with van der Waals surface area (Å²) in [5.41, 5.74) is 4.58. The summed E-state index contributed by atoms with van der Waals surface area (Å²) in [5.74, 6) is -1.14. The van der Waals surface area contributed by atoms with Crippen molar-refractivity contribution in [1.82, 2.24) is 10.2 Å². The number of carboxylic acid groups (broad SMARTS) is 1. The fourth-order valence-electron chi connectivity index (χ4n) is 5.34. The van der Waals surface area contributed by atoms with Crippen molar-refractivity contribution in [3.05, 3.63) is 59.7 Å². The Balaban J connectivity index is 1.42. The molecule has 35 heavy (non-hydrogen) atoms. The molecule has 0 radical (unpaired) electrons. The molecule has 0 bridgehead atoms. The summed E-state index contributed by atoms with van der Waals surface area (Å²) >= 11 is 0. The van der Waals surface area contributed by atoms with Crippen molar-refractivity contribution in [1.29, 1.82) is 0 Å². The average molecular weight is 479 g/mol. The number of carbonyl (C=O) groups is 3. The molecule has 2 N–H and O–H groups in total. The molecule has 2 unspecified atom stereocenters. The van der Waals surface area contributed by atoms with E-state index in [9.17, 15) is 14.4 Å². The van der Waals surface area contributed by atoms with Gasteiger partial charge >= 0.3 is 12.1 Å². The topological polar surface area (TPSA) is 95.9 Å². The third-order valence-electron chi connectivity index (χ3n) is 7.45. The lowest BCUT2D eigenvalue weighted by Crippen LogP contribution is -2.53. The first-order valence-electron chi connectivity index (χ1n) is 12.5. The number of rotatable bonds is 9. The van der Waals surface area contributed by atoms with Crippen LogP contribution in [0.15, 0.2) is 48.5 Å². The summed E-state index contributed by atoms with van der Waals surface area (Å²) in [6.45, 7) is 4.69. The van der Waals surface area contributed by atoms with Gasteiger partial charge in [0, 0.05) is 24.9 Å². The Hall–Kier alpha value is -3.35. The summed E-state index contributed by atoms with van der Waals surface area (Å²) in [6, 6.07) is 15.5. The van der Waals surface area contributed by atoms with Gasteiger partial charge in [-0.05, 0) is 47.4 Å². The van der Waals surface area contributed by atoms with Gasteiger partial charge in [-0.15, -0.1) is 0 Å². The molecule has 0 spiro atoms. The van der Waals surface area contributed by atoms with Crippen LogP contribution in [0.25, 0.3) is 11.1 Å². The maximum atomic E-state index is 13.4. The molecule has 186 valence electrons. The van der Waals surface area contributed by atoms with Crippen molar-refractivity contribution in [3.63, 3.8) is 0 Å². The van der Waals surface area contributed by atoms with E-state index in [4.69, 9.17) is 9.84 Å². The molecule has 0 aromatic heterocycles. The molecule has 1 saturated heterocycles. The molecule has 4 rings (SSSR count). The van der Waals surface area contributed by atoms with Crippen LogP contribution in [0.5, 0.6) is 0 Å². The van der Waals surface area contributed by atoms with Crippen LogP contribution in [0, 0.1) is 5.92 Å². The highest BCUT2D eigenvalue weighted by atomic mass is 16.5. The number of benzene rings is 2. The number of hydrogen-bond donors (Lipinski definition) is 2. The monoisotopic (exact) mass is 478 g/mol. The van der Waals surface area contributed by atoms with Crippen LogP contribution in [0.4, 0.5) is 4.79 Å². The molecule has 7 heteroatoms. The number of fused-ring (bicyclic) bond motifs is 3. The van der Waals surface area contributed by atoms with Crippen LogP contribution in [0.1, 0.15) is 63.0 Å². The highest BCUT2D eigenvalue weighted by Gasteiger charge is 2.37. The molecule has 2 amide bonds. The van der Waals surface area contributed by atoms with Crippen LogP contribution in [-0.2, 0) is 14.3 Å². The predicted octanol–water partition coefficient (Wildman–Crippen LogP) is 4.80. The van der Waals surface area contributed by atoms with Gasteiger partial charge in [0.1, 0.15) is 12.6 Å². The van der Waals surface area contributed by atoms with Crippen molar-refractivity contribution in [2.75, 3.05) is 13.2 Å². The van der Waals surface area contributed by atoms with Crippen molar-refractivity contribution in [3.8, 4) is 11.1 Å². The molecule has 3 atom stereocenters. The first-order chi connectivity index (χ1) is 16.9. The maximum absolute atomic E-state index is 13.4. The van der Waals surface area contributed by atoms with Crippen molar-refractivity contribution >= 4 is 18.0 Å². The largest absolute Gasteiger partial charge is 0.481 e. The zero-order chi connectivity index (χ0) is 24.9. The van der Waals surface area contributed by atoms with Crippen LogP contribution in [0.2, 0.25) is 0 Å². The summed E-state index contributed by atoms with van der Waals surface area (Å²) in [7, 11) is 0. The molecule has 0 saturated carbocycles. The van der Waals surface area contributed by atoms with E-state index >= 15 is 0 Å². The quantitative estimate of drug-likeness (QED) is 0.540. The second kappa shape index (κ2) is 10.9. The first-order valence-corrected chi connectivity index (χ1v) is 12.5. The normalized spacial score (nSPS) is 18.5. The summed E-state index contributed by atoms with van der Waals surface area (Å²) < 4.78 is 5.68. The van der Waals surface area contributed by atoms with Crippen LogP contribution in [-0.4, -0.2) is 53.2 Å². The van der Waals surface area contributed by atoms with Gasteiger partial charge in [0.15, 0.2) is 0 Å². The zero-order valence-electron chi connectivity index (χ0n) is 20.4. The van der Waals surface area contributed by atoms with Gasteiger partial charge in [-0.25, -0.2) is 4.79 Å². The van der Waals surface area contributed by atoms with Crippen LogP contribution >= 0.6 is 0 Å². The molecular formula is C28H34N2O5. The SMILES string of the molecule is CCC(C)[C@H](NC(=O)OCC1c2ccccc2-c2ccccc21)C(=O)N1CCCC1CCC(=O)O. The summed E-state index contributed by atoms with van der Waals surface area (Å²) in [4.78, 5) is 39.1. The number of nitrogens with one attached hydrogen (secondary N) is 1. The minimum absolute atomic E-state index is 0.0300. The van der Waals surface area contributed by atoms with E-state index in [-0.39, 0.29) is 36.8 Å².